The first-order chi connectivity index (χ1) is 9.93. The van der Waals surface area contributed by atoms with E-state index in [1.165, 1.54) is 10.6 Å². The quantitative estimate of drug-likeness (QED) is 0.902. The number of hydrogen-bond donors (Lipinski definition) is 1. The van der Waals surface area contributed by atoms with Gasteiger partial charge in [0, 0.05) is 12.0 Å². The van der Waals surface area contributed by atoms with Crippen LogP contribution in [0, 0.1) is 19.3 Å². The zero-order valence-electron chi connectivity index (χ0n) is 14.2. The van der Waals surface area contributed by atoms with Gasteiger partial charge in [-0.15, -0.1) is 0 Å². The van der Waals surface area contributed by atoms with Gasteiger partial charge in [0.1, 0.15) is 0 Å². The molecule has 0 heterocycles. The second-order valence-corrected chi connectivity index (χ2v) is 8.54. The maximum Gasteiger partial charge on any atom is 0.232 e. The van der Waals surface area contributed by atoms with Crippen LogP contribution in [0.5, 0.6) is 0 Å². The van der Waals surface area contributed by atoms with Crippen LogP contribution in [0.2, 0.25) is 0 Å². The molecule has 1 amide bonds. The Kier molecular flexibility index (Phi) is 5.62. The summed E-state index contributed by atoms with van der Waals surface area (Å²) in [4.78, 5) is 11.9. The third-order valence-corrected chi connectivity index (χ3v) is 4.50. The highest BCUT2D eigenvalue weighted by Crippen LogP contribution is 2.23. The Morgan fingerprint density at radius 1 is 1.23 bits per heavy atom. The Morgan fingerprint density at radius 3 is 2.32 bits per heavy atom. The van der Waals surface area contributed by atoms with Crippen molar-refractivity contribution in [3.05, 3.63) is 29.3 Å². The number of amides is 1. The van der Waals surface area contributed by atoms with Crippen LogP contribution < -0.4 is 9.62 Å². The van der Waals surface area contributed by atoms with E-state index < -0.39 is 15.4 Å². The van der Waals surface area contributed by atoms with Crippen LogP contribution >= 0.6 is 0 Å². The summed E-state index contributed by atoms with van der Waals surface area (Å²) in [5.74, 6) is -0.0954. The molecule has 1 aromatic rings. The smallest absolute Gasteiger partial charge is 0.232 e. The molecular weight excluding hydrogens is 300 g/mol. The molecular formula is C16H26N2O3S. The molecule has 0 aliphatic heterocycles. The number of aryl methyl sites for hydroxylation is 2. The lowest BCUT2D eigenvalue weighted by Gasteiger charge is -2.25. The molecule has 1 rings (SSSR count). The Labute approximate surface area is 133 Å². The minimum absolute atomic E-state index is 0.0954. The molecule has 0 unspecified atom stereocenters. The predicted octanol–water partition coefficient (Wildman–Crippen LogP) is 2.23. The van der Waals surface area contributed by atoms with Gasteiger partial charge in [0.15, 0.2) is 0 Å². The summed E-state index contributed by atoms with van der Waals surface area (Å²) >= 11 is 0. The first-order valence-electron chi connectivity index (χ1n) is 7.26. The van der Waals surface area contributed by atoms with Gasteiger partial charge >= 0.3 is 0 Å². The normalized spacial score (nSPS) is 12.1. The van der Waals surface area contributed by atoms with Crippen LogP contribution in [0.3, 0.4) is 0 Å². The average Bonchev–Trinajstić information content (AvgIpc) is 2.35. The summed E-state index contributed by atoms with van der Waals surface area (Å²) < 4.78 is 25.5. The number of sulfonamides is 1. The molecule has 124 valence electrons. The number of nitrogens with zero attached hydrogens (tertiary/aromatic N) is 1. The third-order valence-electron chi connectivity index (χ3n) is 3.32. The second kappa shape index (κ2) is 6.69. The fourth-order valence-corrected chi connectivity index (χ4v) is 2.97. The molecule has 0 atom stereocenters. The summed E-state index contributed by atoms with van der Waals surface area (Å²) in [6.07, 6.45) is 1.18. The third kappa shape index (κ3) is 5.02. The van der Waals surface area contributed by atoms with Crippen molar-refractivity contribution in [2.45, 2.75) is 34.6 Å². The molecule has 5 nitrogen and oxygen atoms in total. The van der Waals surface area contributed by atoms with Gasteiger partial charge in [0.25, 0.3) is 0 Å². The van der Waals surface area contributed by atoms with E-state index in [9.17, 15) is 13.2 Å². The van der Waals surface area contributed by atoms with E-state index in [-0.39, 0.29) is 19.0 Å². The summed E-state index contributed by atoms with van der Waals surface area (Å²) in [7, 11) is -3.41. The lowest BCUT2D eigenvalue weighted by Crippen LogP contribution is -2.41. The Balaban J connectivity index is 2.93. The molecule has 0 bridgehead atoms. The van der Waals surface area contributed by atoms with Gasteiger partial charge in [-0.3, -0.25) is 9.10 Å². The van der Waals surface area contributed by atoms with Crippen molar-refractivity contribution in [2.75, 3.05) is 23.7 Å². The molecule has 1 N–H and O–H groups in total. The van der Waals surface area contributed by atoms with Crippen molar-refractivity contribution in [3.8, 4) is 0 Å². The molecule has 0 spiro atoms. The van der Waals surface area contributed by atoms with Crippen LogP contribution in [0.1, 0.15) is 31.9 Å². The minimum atomic E-state index is -3.41. The number of benzene rings is 1. The van der Waals surface area contributed by atoms with Gasteiger partial charge in [0.2, 0.25) is 15.9 Å². The number of hydrogen-bond acceptors (Lipinski definition) is 3. The second-order valence-electron chi connectivity index (χ2n) is 6.63. The Morgan fingerprint density at radius 2 is 1.82 bits per heavy atom. The molecule has 6 heteroatoms. The lowest BCUT2D eigenvalue weighted by atomic mass is 9.96. The van der Waals surface area contributed by atoms with Gasteiger partial charge in [-0.1, -0.05) is 32.9 Å². The number of carbonyl (C=O) groups excluding carboxylic acids is 1. The van der Waals surface area contributed by atoms with Crippen molar-refractivity contribution < 1.29 is 13.2 Å². The van der Waals surface area contributed by atoms with Crippen molar-refractivity contribution in [2.24, 2.45) is 5.41 Å². The number of carbonyl (C=O) groups is 1. The highest BCUT2D eigenvalue weighted by Gasteiger charge is 2.23. The first kappa shape index (κ1) is 18.5. The molecule has 0 radical (unpaired) electrons. The van der Waals surface area contributed by atoms with Gasteiger partial charge in [0.05, 0.1) is 18.5 Å². The number of anilines is 1. The molecule has 22 heavy (non-hydrogen) atoms. The van der Waals surface area contributed by atoms with Gasteiger partial charge in [-0.25, -0.2) is 8.42 Å². The van der Waals surface area contributed by atoms with E-state index in [0.29, 0.717) is 5.69 Å². The van der Waals surface area contributed by atoms with E-state index in [4.69, 9.17) is 0 Å². The standard InChI is InChI=1S/C16H26N2O3S/c1-12-7-8-13(2)14(11-12)18(22(6,20)21)10-9-17-15(19)16(3,4)5/h7-8,11H,9-10H2,1-6H3,(H,17,19). The number of nitrogens with one attached hydrogen (secondary N) is 1. The van der Waals surface area contributed by atoms with E-state index in [1.54, 1.807) is 0 Å². The van der Waals surface area contributed by atoms with Crippen LogP contribution in [0.25, 0.3) is 0 Å². The minimum Gasteiger partial charge on any atom is -0.354 e. The van der Waals surface area contributed by atoms with E-state index in [1.807, 2.05) is 52.8 Å². The Bertz CT molecular complexity index is 646. The average molecular weight is 326 g/mol. The predicted molar refractivity (Wildman–Crippen MR) is 90.6 cm³/mol. The van der Waals surface area contributed by atoms with E-state index in [0.717, 1.165) is 11.1 Å². The van der Waals surface area contributed by atoms with Crippen molar-refractivity contribution in [1.29, 1.82) is 0 Å². The van der Waals surface area contributed by atoms with Gasteiger partial charge < -0.3 is 5.32 Å². The Hall–Kier alpha value is -1.56. The monoisotopic (exact) mass is 326 g/mol. The fraction of sp³-hybridized carbons (Fsp3) is 0.562. The van der Waals surface area contributed by atoms with Crippen LogP contribution in [-0.2, 0) is 14.8 Å². The molecule has 0 saturated heterocycles. The van der Waals surface area contributed by atoms with Crippen molar-refractivity contribution in [3.63, 3.8) is 0 Å². The van der Waals surface area contributed by atoms with Crippen LogP contribution in [0.4, 0.5) is 5.69 Å². The zero-order chi connectivity index (χ0) is 17.1. The van der Waals surface area contributed by atoms with Gasteiger partial charge in [-0.2, -0.15) is 0 Å². The van der Waals surface area contributed by atoms with Gasteiger partial charge in [-0.05, 0) is 31.0 Å². The first-order valence-corrected chi connectivity index (χ1v) is 9.11. The van der Waals surface area contributed by atoms with E-state index >= 15 is 0 Å². The molecule has 0 aliphatic rings. The highest BCUT2D eigenvalue weighted by molar-refractivity contribution is 7.92. The zero-order valence-corrected chi connectivity index (χ0v) is 15.0. The summed E-state index contributed by atoms with van der Waals surface area (Å²) in [6.45, 7) is 9.75. The molecule has 0 saturated carbocycles. The van der Waals surface area contributed by atoms with Crippen molar-refractivity contribution in [1.82, 2.24) is 5.32 Å². The molecule has 0 aliphatic carbocycles. The van der Waals surface area contributed by atoms with Crippen molar-refractivity contribution >= 4 is 21.6 Å². The lowest BCUT2D eigenvalue weighted by molar-refractivity contribution is -0.128. The summed E-state index contributed by atoms with van der Waals surface area (Å²) in [5.41, 5.74) is 2.05. The maximum absolute atomic E-state index is 12.1. The van der Waals surface area contributed by atoms with E-state index in [2.05, 4.69) is 5.32 Å². The van der Waals surface area contributed by atoms with Crippen LogP contribution in [0.15, 0.2) is 18.2 Å². The molecule has 0 aromatic heterocycles. The topological polar surface area (TPSA) is 66.5 Å². The highest BCUT2D eigenvalue weighted by atomic mass is 32.2. The largest absolute Gasteiger partial charge is 0.354 e. The van der Waals surface area contributed by atoms with Crippen LogP contribution in [-0.4, -0.2) is 33.7 Å². The summed E-state index contributed by atoms with van der Waals surface area (Å²) in [5, 5.41) is 2.78. The number of rotatable bonds is 5. The SMILES string of the molecule is Cc1ccc(C)c(N(CCNC(=O)C(C)(C)C)S(C)(=O)=O)c1. The molecule has 1 aromatic carbocycles. The molecule has 0 fully saturated rings. The fourth-order valence-electron chi connectivity index (χ4n) is 1.99. The maximum atomic E-state index is 12.1. The summed E-state index contributed by atoms with van der Waals surface area (Å²) in [6, 6.07) is 5.69.